The second kappa shape index (κ2) is 7.69. The summed E-state index contributed by atoms with van der Waals surface area (Å²) in [6, 6.07) is 10.1. The second-order valence-electron chi connectivity index (χ2n) is 5.48. The minimum absolute atomic E-state index is 0.159. The average Bonchev–Trinajstić information content (AvgIpc) is 2.49. The van der Waals surface area contributed by atoms with E-state index in [1.54, 1.807) is 0 Å². The quantitative estimate of drug-likeness (QED) is 0.792. The minimum atomic E-state index is -0.968. The van der Waals surface area contributed by atoms with Gasteiger partial charge >= 0.3 is 5.97 Å². The van der Waals surface area contributed by atoms with Gasteiger partial charge in [0.2, 0.25) is 0 Å². The summed E-state index contributed by atoms with van der Waals surface area (Å²) >= 11 is 11.8. The molecule has 1 atom stereocenters. The van der Waals surface area contributed by atoms with Gasteiger partial charge in [0.15, 0.2) is 6.10 Å². The van der Waals surface area contributed by atoms with Crippen LogP contribution in [0.2, 0.25) is 10.0 Å². The van der Waals surface area contributed by atoms with E-state index in [4.69, 9.17) is 27.9 Å². The molecule has 0 aromatic heterocycles. The van der Waals surface area contributed by atoms with Crippen LogP contribution in [0.15, 0.2) is 36.4 Å². The Morgan fingerprint density at radius 2 is 1.79 bits per heavy atom. The van der Waals surface area contributed by atoms with Crippen LogP contribution in [-0.2, 0) is 9.53 Å². The highest BCUT2D eigenvalue weighted by atomic mass is 35.5. The maximum atomic E-state index is 12.2. The molecule has 0 aliphatic carbocycles. The maximum absolute atomic E-state index is 12.2. The van der Waals surface area contributed by atoms with Crippen LogP contribution in [0.3, 0.4) is 0 Å². The zero-order chi connectivity index (χ0) is 17.9. The Balaban J connectivity index is 2.04. The molecular formula is C18H17Cl2NO3. The van der Waals surface area contributed by atoms with Crippen molar-refractivity contribution in [3.05, 3.63) is 63.1 Å². The molecule has 2 aromatic carbocycles. The van der Waals surface area contributed by atoms with Crippen molar-refractivity contribution < 1.29 is 14.3 Å². The molecule has 0 unspecified atom stereocenters. The van der Waals surface area contributed by atoms with Crippen molar-refractivity contribution in [1.82, 2.24) is 0 Å². The topological polar surface area (TPSA) is 55.4 Å². The maximum Gasteiger partial charge on any atom is 0.340 e. The second-order valence-corrected chi connectivity index (χ2v) is 6.32. The molecule has 1 amide bonds. The molecular weight excluding hydrogens is 349 g/mol. The molecule has 0 aliphatic heterocycles. The van der Waals surface area contributed by atoms with E-state index in [0.717, 1.165) is 11.1 Å². The largest absolute Gasteiger partial charge is 0.449 e. The lowest BCUT2D eigenvalue weighted by Gasteiger charge is -2.15. The summed E-state index contributed by atoms with van der Waals surface area (Å²) in [6.07, 6.45) is -0.968. The number of ether oxygens (including phenoxy) is 1. The lowest BCUT2D eigenvalue weighted by atomic mass is 10.1. The predicted octanol–water partition coefficient (Wildman–Crippen LogP) is 4.79. The van der Waals surface area contributed by atoms with Gasteiger partial charge in [-0.1, -0.05) is 40.9 Å². The van der Waals surface area contributed by atoms with E-state index in [-0.39, 0.29) is 10.6 Å². The fourth-order valence-electron chi connectivity index (χ4n) is 2.12. The van der Waals surface area contributed by atoms with Crippen LogP contribution < -0.4 is 5.32 Å². The molecule has 126 valence electrons. The first-order chi connectivity index (χ1) is 11.3. The third-order valence-electron chi connectivity index (χ3n) is 3.44. The fourth-order valence-corrected chi connectivity index (χ4v) is 2.61. The smallest absolute Gasteiger partial charge is 0.340 e. The number of rotatable bonds is 4. The number of esters is 1. The number of halogens is 2. The van der Waals surface area contributed by atoms with Gasteiger partial charge in [0.05, 0.1) is 10.6 Å². The number of nitrogens with one attached hydrogen (secondary N) is 1. The molecule has 0 spiro atoms. The molecule has 4 nitrogen and oxygen atoms in total. The lowest BCUT2D eigenvalue weighted by molar-refractivity contribution is -0.123. The van der Waals surface area contributed by atoms with Crippen molar-refractivity contribution in [3.8, 4) is 0 Å². The Bertz CT molecular complexity index is 790. The van der Waals surface area contributed by atoms with Crippen LogP contribution in [0, 0.1) is 13.8 Å². The van der Waals surface area contributed by atoms with Gasteiger partial charge in [-0.25, -0.2) is 4.79 Å². The summed E-state index contributed by atoms with van der Waals surface area (Å²) in [4.78, 5) is 24.3. The van der Waals surface area contributed by atoms with Gasteiger partial charge < -0.3 is 10.1 Å². The van der Waals surface area contributed by atoms with Crippen LogP contribution in [0.4, 0.5) is 5.69 Å². The summed E-state index contributed by atoms with van der Waals surface area (Å²) in [7, 11) is 0. The van der Waals surface area contributed by atoms with Crippen molar-refractivity contribution in [2.24, 2.45) is 0 Å². The summed E-state index contributed by atoms with van der Waals surface area (Å²) in [5, 5.41) is 3.34. The Hall–Kier alpha value is -2.04. The first-order valence-electron chi connectivity index (χ1n) is 7.32. The van der Waals surface area contributed by atoms with Gasteiger partial charge in [-0.3, -0.25) is 4.79 Å². The van der Waals surface area contributed by atoms with Gasteiger partial charge in [-0.05, 0) is 50.6 Å². The van der Waals surface area contributed by atoms with Gasteiger partial charge in [0.25, 0.3) is 5.91 Å². The molecule has 24 heavy (non-hydrogen) atoms. The van der Waals surface area contributed by atoms with Crippen molar-refractivity contribution in [2.45, 2.75) is 26.9 Å². The van der Waals surface area contributed by atoms with E-state index in [1.165, 1.54) is 25.1 Å². The number of benzene rings is 2. The van der Waals surface area contributed by atoms with Gasteiger partial charge in [0.1, 0.15) is 0 Å². The summed E-state index contributed by atoms with van der Waals surface area (Å²) in [6.45, 7) is 5.37. The summed E-state index contributed by atoms with van der Waals surface area (Å²) in [5.74, 6) is -1.10. The standard InChI is InChI=1S/C18H17Cl2NO3/c1-10-4-7-16(11(2)8-10)21-17(22)12(3)24-18(23)14-6-5-13(19)9-15(14)20/h4-9,12H,1-3H3,(H,21,22)/t12-/m0/s1. The van der Waals surface area contributed by atoms with Crippen LogP contribution >= 0.6 is 23.2 Å². The highest BCUT2D eigenvalue weighted by molar-refractivity contribution is 6.36. The first-order valence-corrected chi connectivity index (χ1v) is 8.07. The number of carbonyl (C=O) groups excluding carboxylic acids is 2. The first kappa shape index (κ1) is 18.3. The van der Waals surface area contributed by atoms with Gasteiger partial charge in [-0.15, -0.1) is 0 Å². The van der Waals surface area contributed by atoms with E-state index >= 15 is 0 Å². The minimum Gasteiger partial charge on any atom is -0.449 e. The molecule has 0 bridgehead atoms. The van der Waals surface area contributed by atoms with Crippen molar-refractivity contribution in [2.75, 3.05) is 5.32 Å². The zero-order valence-electron chi connectivity index (χ0n) is 13.5. The predicted molar refractivity (Wildman–Crippen MR) is 95.9 cm³/mol. The molecule has 2 aromatic rings. The molecule has 0 saturated carbocycles. The SMILES string of the molecule is Cc1ccc(NC(=O)[C@H](C)OC(=O)c2ccc(Cl)cc2Cl)c(C)c1. The van der Waals surface area contributed by atoms with Crippen LogP contribution in [0.5, 0.6) is 0 Å². The Kier molecular flexibility index (Phi) is 5.86. The molecule has 0 heterocycles. The number of carbonyl (C=O) groups is 2. The Morgan fingerprint density at radius 1 is 1.08 bits per heavy atom. The van der Waals surface area contributed by atoms with E-state index in [0.29, 0.717) is 10.7 Å². The van der Waals surface area contributed by atoms with Crippen LogP contribution in [0.25, 0.3) is 0 Å². The Morgan fingerprint density at radius 3 is 2.42 bits per heavy atom. The molecule has 6 heteroatoms. The van der Waals surface area contributed by atoms with E-state index in [2.05, 4.69) is 5.32 Å². The van der Waals surface area contributed by atoms with Crippen molar-refractivity contribution >= 4 is 40.8 Å². The van der Waals surface area contributed by atoms with Gasteiger partial charge in [0, 0.05) is 10.7 Å². The monoisotopic (exact) mass is 365 g/mol. The molecule has 1 N–H and O–H groups in total. The zero-order valence-corrected chi connectivity index (χ0v) is 15.0. The lowest BCUT2D eigenvalue weighted by Crippen LogP contribution is -2.30. The highest BCUT2D eigenvalue weighted by Crippen LogP contribution is 2.22. The summed E-state index contributed by atoms with van der Waals surface area (Å²) in [5.41, 5.74) is 2.87. The average molecular weight is 366 g/mol. The molecule has 0 fully saturated rings. The fraction of sp³-hybridized carbons (Fsp3) is 0.222. The normalized spacial score (nSPS) is 11.7. The highest BCUT2D eigenvalue weighted by Gasteiger charge is 2.21. The third-order valence-corrected chi connectivity index (χ3v) is 3.99. The number of amides is 1. The van der Waals surface area contributed by atoms with E-state index in [1.807, 2.05) is 32.0 Å². The number of hydrogen-bond donors (Lipinski definition) is 1. The molecule has 0 aliphatic rings. The number of anilines is 1. The van der Waals surface area contributed by atoms with Crippen molar-refractivity contribution in [3.63, 3.8) is 0 Å². The van der Waals surface area contributed by atoms with Gasteiger partial charge in [-0.2, -0.15) is 0 Å². The number of aryl methyl sites for hydroxylation is 2. The van der Waals surface area contributed by atoms with E-state index in [9.17, 15) is 9.59 Å². The number of hydrogen-bond acceptors (Lipinski definition) is 3. The molecule has 2 rings (SSSR count). The van der Waals surface area contributed by atoms with E-state index < -0.39 is 18.0 Å². The Labute approximate surface area is 150 Å². The molecule has 0 saturated heterocycles. The van der Waals surface area contributed by atoms with Crippen molar-refractivity contribution in [1.29, 1.82) is 0 Å². The van der Waals surface area contributed by atoms with Crippen LogP contribution in [-0.4, -0.2) is 18.0 Å². The summed E-state index contributed by atoms with van der Waals surface area (Å²) < 4.78 is 5.18. The van der Waals surface area contributed by atoms with Crippen LogP contribution in [0.1, 0.15) is 28.4 Å². The third kappa shape index (κ3) is 4.49. The molecule has 0 radical (unpaired) electrons.